The molecular formula is C11H13F2NO5S. The van der Waals surface area contributed by atoms with Gasteiger partial charge in [-0.25, -0.2) is 26.7 Å². The van der Waals surface area contributed by atoms with Crippen molar-refractivity contribution in [3.8, 4) is 0 Å². The fourth-order valence-corrected chi connectivity index (χ4v) is 2.59. The van der Waals surface area contributed by atoms with E-state index in [1.54, 1.807) is 0 Å². The van der Waals surface area contributed by atoms with E-state index in [9.17, 15) is 22.0 Å². The number of hydrogen-bond donors (Lipinski definition) is 2. The molecule has 1 rings (SSSR count). The number of hydrogen-bond acceptors (Lipinski definition) is 4. The number of benzene rings is 1. The summed E-state index contributed by atoms with van der Waals surface area (Å²) in [6.07, 6.45) is 0.352. The Morgan fingerprint density at radius 2 is 2.05 bits per heavy atom. The van der Waals surface area contributed by atoms with Crippen molar-refractivity contribution in [3.63, 3.8) is 0 Å². The molecule has 0 unspecified atom stereocenters. The van der Waals surface area contributed by atoms with Gasteiger partial charge in [0.05, 0.1) is 0 Å². The Morgan fingerprint density at radius 3 is 2.60 bits per heavy atom. The second-order valence-corrected chi connectivity index (χ2v) is 5.52. The summed E-state index contributed by atoms with van der Waals surface area (Å²) in [5, 5.41) is 8.67. The summed E-state index contributed by atoms with van der Waals surface area (Å²) in [5.74, 6) is -4.85. The van der Waals surface area contributed by atoms with E-state index in [0.29, 0.717) is 25.2 Å². The molecule has 0 saturated carbocycles. The van der Waals surface area contributed by atoms with Gasteiger partial charge in [0.15, 0.2) is 5.82 Å². The summed E-state index contributed by atoms with van der Waals surface area (Å²) < 4.78 is 57.3. The number of carbonyl (C=O) groups is 1. The average molecular weight is 309 g/mol. The Kier molecular flexibility index (Phi) is 5.54. The van der Waals surface area contributed by atoms with E-state index in [-0.39, 0.29) is 6.54 Å². The molecule has 0 aliphatic carbocycles. The minimum absolute atomic E-state index is 0.0185. The van der Waals surface area contributed by atoms with E-state index in [0.717, 1.165) is 0 Å². The monoisotopic (exact) mass is 309 g/mol. The van der Waals surface area contributed by atoms with E-state index < -0.39 is 38.1 Å². The fourth-order valence-electron chi connectivity index (χ4n) is 1.44. The van der Waals surface area contributed by atoms with Gasteiger partial charge in [-0.1, -0.05) is 0 Å². The van der Waals surface area contributed by atoms with Gasteiger partial charge in [-0.3, -0.25) is 0 Å². The highest BCUT2D eigenvalue weighted by Gasteiger charge is 2.26. The van der Waals surface area contributed by atoms with Crippen LogP contribution in [0, 0.1) is 11.6 Å². The van der Waals surface area contributed by atoms with Gasteiger partial charge in [0.25, 0.3) is 0 Å². The molecule has 20 heavy (non-hydrogen) atoms. The molecule has 0 aliphatic heterocycles. The highest BCUT2D eigenvalue weighted by atomic mass is 32.2. The van der Waals surface area contributed by atoms with Crippen molar-refractivity contribution in [1.29, 1.82) is 0 Å². The number of rotatable bonds is 7. The molecule has 0 bridgehead atoms. The van der Waals surface area contributed by atoms with Crippen LogP contribution in [0.2, 0.25) is 0 Å². The molecule has 0 aromatic heterocycles. The molecule has 1 aromatic rings. The fraction of sp³-hybridized carbons (Fsp3) is 0.364. The molecule has 0 aliphatic rings. The van der Waals surface area contributed by atoms with E-state index in [1.165, 1.54) is 7.11 Å². The number of halogens is 2. The van der Waals surface area contributed by atoms with Crippen LogP contribution in [0.5, 0.6) is 0 Å². The van der Waals surface area contributed by atoms with Crippen LogP contribution in [-0.4, -0.2) is 39.8 Å². The number of aromatic carboxylic acids is 1. The topological polar surface area (TPSA) is 92.7 Å². The zero-order valence-corrected chi connectivity index (χ0v) is 11.3. The molecule has 2 N–H and O–H groups in total. The number of ether oxygens (including phenoxy) is 1. The molecule has 0 atom stereocenters. The third-order valence-electron chi connectivity index (χ3n) is 2.38. The standard InChI is InChI=1S/C11H13F2NO5S/c1-19-6-2-5-14-20(17,18)8-4-3-7(12)9(10(8)13)11(15)16/h3-4,14H,2,5-6H2,1H3,(H,15,16). The van der Waals surface area contributed by atoms with Gasteiger partial charge < -0.3 is 9.84 Å². The van der Waals surface area contributed by atoms with Gasteiger partial charge in [-0.2, -0.15) is 0 Å². The first kappa shape index (κ1) is 16.5. The van der Waals surface area contributed by atoms with Crippen molar-refractivity contribution in [2.45, 2.75) is 11.3 Å². The largest absolute Gasteiger partial charge is 0.477 e. The van der Waals surface area contributed by atoms with Crippen LogP contribution in [0.4, 0.5) is 8.78 Å². The number of nitrogens with one attached hydrogen (secondary N) is 1. The van der Waals surface area contributed by atoms with Crippen LogP contribution >= 0.6 is 0 Å². The first-order chi connectivity index (χ1) is 9.31. The predicted octanol–water partition coefficient (Wildman–Crippen LogP) is 0.978. The van der Waals surface area contributed by atoms with Crippen molar-refractivity contribution < 1.29 is 31.8 Å². The Morgan fingerprint density at radius 1 is 1.40 bits per heavy atom. The molecule has 0 saturated heterocycles. The Bertz CT molecular complexity index is 603. The van der Waals surface area contributed by atoms with E-state index >= 15 is 0 Å². The lowest BCUT2D eigenvalue weighted by atomic mass is 10.2. The minimum atomic E-state index is -4.25. The molecule has 0 fully saturated rings. The highest BCUT2D eigenvalue weighted by molar-refractivity contribution is 7.89. The maximum absolute atomic E-state index is 13.8. The zero-order chi connectivity index (χ0) is 15.3. The van der Waals surface area contributed by atoms with Crippen molar-refractivity contribution in [3.05, 3.63) is 29.3 Å². The Balaban J connectivity index is 3.07. The number of methoxy groups -OCH3 is 1. The Hall–Kier alpha value is -1.58. The number of carboxylic acid groups (broad SMARTS) is 1. The smallest absolute Gasteiger partial charge is 0.341 e. The third-order valence-corrected chi connectivity index (χ3v) is 3.85. The molecule has 9 heteroatoms. The average Bonchev–Trinajstić information content (AvgIpc) is 2.34. The third kappa shape index (κ3) is 3.71. The lowest BCUT2D eigenvalue weighted by molar-refractivity contribution is 0.0685. The van der Waals surface area contributed by atoms with Gasteiger partial charge in [-0.15, -0.1) is 0 Å². The van der Waals surface area contributed by atoms with Crippen molar-refractivity contribution in [2.24, 2.45) is 0 Å². The van der Waals surface area contributed by atoms with E-state index in [4.69, 9.17) is 9.84 Å². The van der Waals surface area contributed by atoms with Gasteiger partial charge in [-0.05, 0) is 18.6 Å². The van der Waals surface area contributed by atoms with Gasteiger partial charge in [0, 0.05) is 20.3 Å². The maximum Gasteiger partial charge on any atom is 0.341 e. The summed E-state index contributed by atoms with van der Waals surface area (Å²) in [4.78, 5) is 9.80. The predicted molar refractivity (Wildman–Crippen MR) is 65.0 cm³/mol. The normalized spacial score (nSPS) is 11.6. The van der Waals surface area contributed by atoms with Crippen LogP contribution in [-0.2, 0) is 14.8 Å². The van der Waals surface area contributed by atoms with Crippen molar-refractivity contribution in [2.75, 3.05) is 20.3 Å². The quantitative estimate of drug-likeness (QED) is 0.732. The second-order valence-electron chi connectivity index (χ2n) is 3.78. The second kappa shape index (κ2) is 6.73. The van der Waals surface area contributed by atoms with Crippen LogP contribution < -0.4 is 4.72 Å². The summed E-state index contributed by atoms with van der Waals surface area (Å²) in [5.41, 5.74) is -1.30. The molecule has 0 spiro atoms. The van der Waals surface area contributed by atoms with Crippen molar-refractivity contribution >= 4 is 16.0 Å². The van der Waals surface area contributed by atoms with E-state index in [1.807, 2.05) is 0 Å². The zero-order valence-electron chi connectivity index (χ0n) is 10.5. The van der Waals surface area contributed by atoms with Gasteiger partial charge in [0.1, 0.15) is 16.3 Å². The highest BCUT2D eigenvalue weighted by Crippen LogP contribution is 2.21. The molecule has 6 nitrogen and oxygen atoms in total. The minimum Gasteiger partial charge on any atom is -0.477 e. The first-order valence-electron chi connectivity index (χ1n) is 5.51. The summed E-state index contributed by atoms with van der Waals surface area (Å²) in [6.45, 7) is 0.282. The molecule has 0 amide bonds. The molecular weight excluding hydrogens is 296 g/mol. The Labute approximate surface area is 114 Å². The van der Waals surface area contributed by atoms with Crippen LogP contribution in [0.3, 0.4) is 0 Å². The molecule has 0 radical (unpaired) electrons. The maximum atomic E-state index is 13.8. The van der Waals surface area contributed by atoms with Gasteiger partial charge in [0.2, 0.25) is 10.0 Å². The van der Waals surface area contributed by atoms with Crippen LogP contribution in [0.15, 0.2) is 17.0 Å². The lowest BCUT2D eigenvalue weighted by Crippen LogP contribution is -2.27. The van der Waals surface area contributed by atoms with Gasteiger partial charge >= 0.3 is 5.97 Å². The molecule has 1 aromatic carbocycles. The van der Waals surface area contributed by atoms with Crippen LogP contribution in [0.1, 0.15) is 16.8 Å². The number of sulfonamides is 1. The summed E-state index contributed by atoms with van der Waals surface area (Å²) in [6, 6.07) is 1.27. The number of carboxylic acids is 1. The first-order valence-corrected chi connectivity index (χ1v) is 6.99. The molecule has 0 heterocycles. The summed E-state index contributed by atoms with van der Waals surface area (Å²) in [7, 11) is -2.82. The van der Waals surface area contributed by atoms with Crippen molar-refractivity contribution in [1.82, 2.24) is 4.72 Å². The lowest BCUT2D eigenvalue weighted by Gasteiger charge is -2.09. The van der Waals surface area contributed by atoms with Crippen LogP contribution in [0.25, 0.3) is 0 Å². The SMILES string of the molecule is COCCCNS(=O)(=O)c1ccc(F)c(C(=O)O)c1F. The molecule has 112 valence electrons. The summed E-state index contributed by atoms with van der Waals surface area (Å²) >= 11 is 0. The van der Waals surface area contributed by atoms with E-state index in [2.05, 4.69) is 4.72 Å².